The SMILES string of the molecule is C1=Cc2ccc3c(c2CC1)CCc1c(/C=C/c2ccsc2)cccc1-3. The van der Waals surface area contributed by atoms with Crippen LogP contribution < -0.4 is 0 Å². The van der Waals surface area contributed by atoms with Gasteiger partial charge >= 0.3 is 0 Å². The minimum absolute atomic E-state index is 1.15. The van der Waals surface area contributed by atoms with Crippen LogP contribution in [-0.2, 0) is 19.3 Å². The molecule has 0 saturated heterocycles. The standard InChI is InChI=1S/C24H20S/c1-2-6-20-18(4-1)10-11-24-22-7-3-5-19(21(22)12-13-23(20)24)9-8-17-14-15-25-16-17/h1,3-5,7-11,14-16H,2,6,12-13H2/b9-8+. The first-order valence-electron chi connectivity index (χ1n) is 9.04. The van der Waals surface area contributed by atoms with Crippen LogP contribution in [0, 0.1) is 0 Å². The van der Waals surface area contributed by atoms with Crippen molar-refractivity contribution >= 4 is 29.6 Å². The molecule has 0 atom stereocenters. The molecule has 0 bridgehead atoms. The average Bonchev–Trinajstić information content (AvgIpc) is 3.19. The normalized spacial score (nSPS) is 15.0. The summed E-state index contributed by atoms with van der Waals surface area (Å²) in [6, 6.07) is 13.6. The van der Waals surface area contributed by atoms with Crippen LogP contribution in [-0.4, -0.2) is 0 Å². The van der Waals surface area contributed by atoms with Gasteiger partial charge in [0.05, 0.1) is 0 Å². The van der Waals surface area contributed by atoms with Crippen molar-refractivity contribution in [2.75, 3.05) is 0 Å². The van der Waals surface area contributed by atoms with Crippen LogP contribution in [0.1, 0.15) is 39.8 Å². The van der Waals surface area contributed by atoms with Gasteiger partial charge in [0.1, 0.15) is 0 Å². The predicted octanol–water partition coefficient (Wildman–Crippen LogP) is 6.64. The van der Waals surface area contributed by atoms with Gasteiger partial charge in [-0.1, -0.05) is 54.6 Å². The van der Waals surface area contributed by atoms with Crippen molar-refractivity contribution < 1.29 is 0 Å². The van der Waals surface area contributed by atoms with Crippen LogP contribution in [0.25, 0.3) is 29.4 Å². The largest absolute Gasteiger partial charge is 0.152 e. The Morgan fingerprint density at radius 1 is 0.800 bits per heavy atom. The first-order chi connectivity index (χ1) is 12.4. The van der Waals surface area contributed by atoms with Crippen molar-refractivity contribution in [1.82, 2.24) is 0 Å². The van der Waals surface area contributed by atoms with Gasteiger partial charge < -0.3 is 0 Å². The molecule has 0 aliphatic heterocycles. The number of benzene rings is 2. The molecule has 2 aliphatic carbocycles. The highest BCUT2D eigenvalue weighted by Gasteiger charge is 2.22. The van der Waals surface area contributed by atoms with E-state index in [9.17, 15) is 0 Å². The number of thiophene rings is 1. The fourth-order valence-electron chi connectivity index (χ4n) is 4.24. The van der Waals surface area contributed by atoms with Crippen LogP contribution in [0.3, 0.4) is 0 Å². The highest BCUT2D eigenvalue weighted by molar-refractivity contribution is 7.08. The van der Waals surface area contributed by atoms with Gasteiger partial charge in [-0.15, -0.1) is 0 Å². The summed E-state index contributed by atoms with van der Waals surface area (Å²) in [6.45, 7) is 0. The molecule has 0 spiro atoms. The highest BCUT2D eigenvalue weighted by atomic mass is 32.1. The van der Waals surface area contributed by atoms with E-state index >= 15 is 0 Å². The zero-order chi connectivity index (χ0) is 16.6. The lowest BCUT2D eigenvalue weighted by atomic mass is 9.78. The summed E-state index contributed by atoms with van der Waals surface area (Å²) in [5.41, 5.74) is 11.7. The number of rotatable bonds is 2. The van der Waals surface area contributed by atoms with Crippen molar-refractivity contribution in [1.29, 1.82) is 0 Å². The van der Waals surface area contributed by atoms with E-state index in [1.807, 2.05) is 0 Å². The lowest BCUT2D eigenvalue weighted by Crippen LogP contribution is -2.10. The van der Waals surface area contributed by atoms with Gasteiger partial charge in [-0.05, 0) is 87.0 Å². The molecule has 1 heteroatoms. The first-order valence-corrected chi connectivity index (χ1v) is 9.98. The maximum atomic E-state index is 2.34. The molecule has 0 unspecified atom stereocenters. The maximum absolute atomic E-state index is 2.34. The Kier molecular flexibility index (Phi) is 3.68. The fraction of sp³-hybridized carbons (Fsp3) is 0.167. The fourth-order valence-corrected chi connectivity index (χ4v) is 4.86. The number of hydrogen-bond acceptors (Lipinski definition) is 1. The Balaban J connectivity index is 1.61. The summed E-state index contributed by atoms with van der Waals surface area (Å²) in [4.78, 5) is 0. The molecule has 1 heterocycles. The molecule has 0 fully saturated rings. The van der Waals surface area contributed by atoms with Crippen LogP contribution in [0.2, 0.25) is 0 Å². The second-order valence-electron chi connectivity index (χ2n) is 6.86. The number of fused-ring (bicyclic) bond motifs is 5. The maximum Gasteiger partial charge on any atom is -0.00208 e. The number of hydrogen-bond donors (Lipinski definition) is 0. The molecule has 0 radical (unpaired) electrons. The Bertz CT molecular complexity index is 987. The molecule has 25 heavy (non-hydrogen) atoms. The van der Waals surface area contributed by atoms with Crippen molar-refractivity contribution in [2.45, 2.75) is 25.7 Å². The van der Waals surface area contributed by atoms with E-state index in [1.165, 1.54) is 52.6 Å². The topological polar surface area (TPSA) is 0 Å². The molecule has 5 rings (SSSR count). The van der Waals surface area contributed by atoms with Gasteiger partial charge in [0.25, 0.3) is 0 Å². The smallest absolute Gasteiger partial charge is 0.00208 e. The summed E-state index contributed by atoms with van der Waals surface area (Å²) < 4.78 is 0. The zero-order valence-corrected chi connectivity index (χ0v) is 15.0. The van der Waals surface area contributed by atoms with Gasteiger partial charge in [-0.2, -0.15) is 11.3 Å². The average molecular weight is 340 g/mol. The van der Waals surface area contributed by atoms with Gasteiger partial charge in [0.15, 0.2) is 0 Å². The second kappa shape index (κ2) is 6.16. The summed E-state index contributed by atoms with van der Waals surface area (Å²) in [5.74, 6) is 0. The molecule has 0 saturated carbocycles. The van der Waals surface area contributed by atoms with E-state index < -0.39 is 0 Å². The van der Waals surface area contributed by atoms with Crippen LogP contribution >= 0.6 is 11.3 Å². The molecule has 2 aliphatic rings. The van der Waals surface area contributed by atoms with E-state index in [4.69, 9.17) is 0 Å². The first kappa shape index (κ1) is 14.9. The lowest BCUT2D eigenvalue weighted by Gasteiger charge is -2.26. The Morgan fingerprint density at radius 3 is 2.64 bits per heavy atom. The van der Waals surface area contributed by atoms with Crippen LogP contribution in [0.5, 0.6) is 0 Å². The molecule has 0 nitrogen and oxygen atoms in total. The molecular formula is C24H20S. The van der Waals surface area contributed by atoms with E-state index in [0.29, 0.717) is 0 Å². The summed E-state index contributed by atoms with van der Waals surface area (Å²) in [5, 5.41) is 4.33. The number of allylic oxidation sites excluding steroid dienone is 1. The van der Waals surface area contributed by atoms with Gasteiger partial charge in [-0.3, -0.25) is 0 Å². The van der Waals surface area contributed by atoms with Crippen LogP contribution in [0.15, 0.2) is 53.2 Å². The zero-order valence-electron chi connectivity index (χ0n) is 14.2. The molecular weight excluding hydrogens is 320 g/mol. The molecule has 0 amide bonds. The molecule has 1 aromatic heterocycles. The molecule has 2 aromatic carbocycles. The Morgan fingerprint density at radius 2 is 1.72 bits per heavy atom. The summed E-state index contributed by atoms with van der Waals surface area (Å²) in [7, 11) is 0. The molecule has 0 N–H and O–H groups in total. The van der Waals surface area contributed by atoms with E-state index in [1.54, 1.807) is 22.5 Å². The molecule has 122 valence electrons. The third-order valence-corrected chi connectivity index (χ3v) is 6.15. The minimum Gasteiger partial charge on any atom is -0.152 e. The quantitative estimate of drug-likeness (QED) is 0.490. The van der Waals surface area contributed by atoms with Crippen molar-refractivity contribution in [3.8, 4) is 11.1 Å². The third kappa shape index (κ3) is 2.60. The second-order valence-corrected chi connectivity index (χ2v) is 7.64. The lowest BCUT2D eigenvalue weighted by molar-refractivity contribution is 0.886. The predicted molar refractivity (Wildman–Crippen MR) is 110 cm³/mol. The van der Waals surface area contributed by atoms with E-state index in [0.717, 1.165) is 6.42 Å². The van der Waals surface area contributed by atoms with Crippen molar-refractivity contribution in [3.63, 3.8) is 0 Å². The molecule has 3 aromatic rings. The van der Waals surface area contributed by atoms with Gasteiger partial charge in [0, 0.05) is 0 Å². The minimum atomic E-state index is 1.15. The Hall–Kier alpha value is -2.38. The third-order valence-electron chi connectivity index (χ3n) is 5.45. The van der Waals surface area contributed by atoms with Gasteiger partial charge in [0.2, 0.25) is 0 Å². The van der Waals surface area contributed by atoms with Gasteiger partial charge in [-0.25, -0.2) is 0 Å². The monoisotopic (exact) mass is 340 g/mol. The highest BCUT2D eigenvalue weighted by Crippen LogP contribution is 2.39. The van der Waals surface area contributed by atoms with E-state index in [-0.39, 0.29) is 0 Å². The van der Waals surface area contributed by atoms with Crippen molar-refractivity contribution in [2.24, 2.45) is 0 Å². The Labute approximate surface area is 153 Å². The summed E-state index contributed by atoms with van der Waals surface area (Å²) >= 11 is 1.75. The van der Waals surface area contributed by atoms with Crippen molar-refractivity contribution in [3.05, 3.63) is 86.6 Å². The van der Waals surface area contributed by atoms with E-state index in [2.05, 4.69) is 71.5 Å². The van der Waals surface area contributed by atoms with Crippen LogP contribution in [0.4, 0.5) is 0 Å². The summed E-state index contributed by atoms with van der Waals surface area (Å²) in [6.07, 6.45) is 13.8.